The topological polar surface area (TPSA) is 83.7 Å². The van der Waals surface area contributed by atoms with Crippen LogP contribution >= 0.6 is 0 Å². The molecule has 0 saturated carbocycles. The molecule has 0 spiro atoms. The molecule has 29 heavy (non-hydrogen) atoms. The first-order valence-corrected chi connectivity index (χ1v) is 9.91. The molecular weight excluding hydrogens is 370 g/mol. The quantitative estimate of drug-likeness (QED) is 0.423. The van der Waals surface area contributed by atoms with Crippen LogP contribution in [0.3, 0.4) is 0 Å². The molecule has 7 nitrogen and oxygen atoms in total. The van der Waals surface area contributed by atoms with E-state index in [2.05, 4.69) is 11.1 Å². The number of allylic oxidation sites excluding steroid dienone is 1. The Bertz CT molecular complexity index is 977. The lowest BCUT2D eigenvalue weighted by Gasteiger charge is -2.17. The highest BCUT2D eigenvalue weighted by Gasteiger charge is 2.44. The summed E-state index contributed by atoms with van der Waals surface area (Å²) in [5.74, 6) is -0.639. The molecule has 1 aromatic carbocycles. The third kappa shape index (κ3) is 3.85. The predicted octanol–water partition coefficient (Wildman–Crippen LogP) is 3.83. The van der Waals surface area contributed by atoms with Crippen molar-refractivity contribution in [2.75, 3.05) is 6.54 Å². The van der Waals surface area contributed by atoms with Crippen LogP contribution in [-0.4, -0.2) is 39.2 Å². The minimum absolute atomic E-state index is 0.0786. The first kappa shape index (κ1) is 19.1. The Morgan fingerprint density at radius 1 is 1.03 bits per heavy atom. The summed E-state index contributed by atoms with van der Waals surface area (Å²) in [6.07, 6.45) is 7.15. The number of aryl methyl sites for hydroxylation is 1. The molecule has 4 rings (SSSR count). The van der Waals surface area contributed by atoms with Crippen molar-refractivity contribution in [3.8, 4) is 11.5 Å². The number of hydrogen-bond donors (Lipinski definition) is 0. The zero-order valence-electron chi connectivity index (χ0n) is 16.4. The number of imide groups is 2. The Balaban J connectivity index is 1.47. The molecule has 1 aromatic heterocycles. The number of nitrogens with zero attached hydrogens (tertiary/aromatic N) is 3. The van der Waals surface area contributed by atoms with E-state index in [4.69, 9.17) is 4.42 Å². The van der Waals surface area contributed by atoms with Crippen LogP contribution in [0.15, 0.2) is 46.4 Å². The summed E-state index contributed by atoms with van der Waals surface area (Å²) in [6.45, 7) is 1.89. The van der Waals surface area contributed by atoms with Gasteiger partial charge in [-0.1, -0.05) is 29.8 Å². The van der Waals surface area contributed by atoms with E-state index in [0.717, 1.165) is 34.6 Å². The van der Waals surface area contributed by atoms with Crippen LogP contribution < -0.4 is 0 Å². The van der Waals surface area contributed by atoms with E-state index < -0.39 is 17.8 Å². The van der Waals surface area contributed by atoms with Gasteiger partial charge in [0.15, 0.2) is 0 Å². The van der Waals surface area contributed by atoms with Crippen molar-refractivity contribution in [2.24, 2.45) is 0 Å². The summed E-state index contributed by atoms with van der Waals surface area (Å²) in [5.41, 5.74) is 2.53. The maximum absolute atomic E-state index is 12.7. The summed E-state index contributed by atoms with van der Waals surface area (Å²) >= 11 is 0. The van der Waals surface area contributed by atoms with Gasteiger partial charge in [-0.2, -0.15) is 0 Å². The molecule has 4 amide bonds. The highest BCUT2D eigenvalue weighted by Crippen LogP contribution is 2.25. The molecule has 2 heterocycles. The van der Waals surface area contributed by atoms with Crippen LogP contribution in [0.5, 0.6) is 0 Å². The highest BCUT2D eigenvalue weighted by atomic mass is 16.4. The van der Waals surface area contributed by atoms with Crippen LogP contribution in [0.4, 0.5) is 4.79 Å². The molecule has 150 valence electrons. The molecule has 0 atom stereocenters. The summed E-state index contributed by atoms with van der Waals surface area (Å²) in [7, 11) is 0. The molecule has 2 aliphatic rings. The van der Waals surface area contributed by atoms with Crippen molar-refractivity contribution in [2.45, 2.75) is 45.6 Å². The van der Waals surface area contributed by atoms with E-state index in [1.165, 1.54) is 12.0 Å². The number of urea groups is 1. The van der Waals surface area contributed by atoms with E-state index in [1.807, 2.05) is 30.3 Å². The zero-order chi connectivity index (χ0) is 20.4. The first-order valence-electron chi connectivity index (χ1n) is 9.91. The molecule has 2 aromatic rings. The van der Waals surface area contributed by atoms with E-state index in [0.29, 0.717) is 23.8 Å². The number of benzene rings is 1. The lowest BCUT2D eigenvalue weighted by molar-refractivity contribution is -0.143. The molecule has 0 radical (unpaired) electrons. The zero-order valence-corrected chi connectivity index (χ0v) is 16.4. The number of hydrogen-bond acceptors (Lipinski definition) is 5. The van der Waals surface area contributed by atoms with Gasteiger partial charge in [-0.25, -0.2) is 14.7 Å². The van der Waals surface area contributed by atoms with Gasteiger partial charge in [-0.3, -0.25) is 14.5 Å². The Kier molecular flexibility index (Phi) is 5.29. The number of rotatable bonds is 6. The first-order chi connectivity index (χ1) is 14.0. The van der Waals surface area contributed by atoms with Crippen LogP contribution in [0.2, 0.25) is 0 Å². The lowest BCUT2D eigenvalue weighted by Crippen LogP contribution is -2.34. The van der Waals surface area contributed by atoms with Crippen molar-refractivity contribution < 1.29 is 18.8 Å². The predicted molar refractivity (Wildman–Crippen MR) is 106 cm³/mol. The SMILES string of the molecule is Cc1oc(-c2ccccc2)nc1CN1C(=O)C(=O)N(CCC2=CCCCC2)C1=O. The van der Waals surface area contributed by atoms with Gasteiger partial charge >= 0.3 is 17.8 Å². The van der Waals surface area contributed by atoms with Gasteiger partial charge in [-0.15, -0.1) is 0 Å². The average Bonchev–Trinajstić information content (AvgIpc) is 3.21. The third-order valence-electron chi connectivity index (χ3n) is 5.40. The number of carbonyl (C=O) groups is 3. The standard InChI is InChI=1S/C22H23N3O4/c1-15-18(23-19(29-15)17-10-6-3-7-11-17)14-25-21(27)20(26)24(22(25)28)13-12-16-8-4-2-5-9-16/h3,6-8,10-11H,2,4-5,9,12-14H2,1H3. The van der Waals surface area contributed by atoms with E-state index >= 15 is 0 Å². The molecule has 1 aliphatic heterocycles. The van der Waals surface area contributed by atoms with Gasteiger partial charge in [0.05, 0.1) is 6.54 Å². The van der Waals surface area contributed by atoms with E-state index in [9.17, 15) is 14.4 Å². The number of oxazole rings is 1. The molecule has 0 bridgehead atoms. The molecule has 0 N–H and O–H groups in total. The Morgan fingerprint density at radius 2 is 1.79 bits per heavy atom. The minimum Gasteiger partial charge on any atom is -0.441 e. The van der Waals surface area contributed by atoms with Crippen LogP contribution in [0.25, 0.3) is 11.5 Å². The van der Waals surface area contributed by atoms with Crippen LogP contribution in [-0.2, 0) is 16.1 Å². The molecule has 7 heteroatoms. The summed E-state index contributed by atoms with van der Waals surface area (Å²) < 4.78 is 5.70. The van der Waals surface area contributed by atoms with Gasteiger partial charge in [0.2, 0.25) is 5.89 Å². The molecule has 0 unspecified atom stereocenters. The van der Waals surface area contributed by atoms with Crippen molar-refractivity contribution in [1.82, 2.24) is 14.8 Å². The van der Waals surface area contributed by atoms with Crippen molar-refractivity contribution >= 4 is 17.8 Å². The molecule has 1 saturated heterocycles. The normalized spacial score (nSPS) is 17.3. The highest BCUT2D eigenvalue weighted by molar-refractivity contribution is 6.44. The largest absolute Gasteiger partial charge is 0.441 e. The molecular formula is C22H23N3O4. The third-order valence-corrected chi connectivity index (χ3v) is 5.40. The number of amides is 4. The van der Waals surface area contributed by atoms with Gasteiger partial charge in [0, 0.05) is 12.1 Å². The second-order valence-corrected chi connectivity index (χ2v) is 7.38. The maximum atomic E-state index is 12.7. The number of carbonyl (C=O) groups excluding carboxylic acids is 3. The Morgan fingerprint density at radius 3 is 2.52 bits per heavy atom. The Hall–Kier alpha value is -3.22. The van der Waals surface area contributed by atoms with Crippen LogP contribution in [0, 0.1) is 6.92 Å². The number of aromatic nitrogens is 1. The fraction of sp³-hybridized carbons (Fsp3) is 0.364. The van der Waals surface area contributed by atoms with Gasteiger partial charge in [0.1, 0.15) is 11.5 Å². The van der Waals surface area contributed by atoms with Crippen LogP contribution in [0.1, 0.15) is 43.6 Å². The van der Waals surface area contributed by atoms with E-state index in [1.54, 1.807) is 6.92 Å². The summed E-state index contributed by atoms with van der Waals surface area (Å²) in [6, 6.07) is 8.80. The fourth-order valence-corrected chi connectivity index (χ4v) is 3.70. The molecule has 1 aliphatic carbocycles. The van der Waals surface area contributed by atoms with Crippen molar-refractivity contribution in [3.63, 3.8) is 0 Å². The maximum Gasteiger partial charge on any atom is 0.334 e. The molecule has 1 fully saturated rings. The fourth-order valence-electron chi connectivity index (χ4n) is 3.70. The second kappa shape index (κ2) is 8.03. The Labute approximate surface area is 169 Å². The second-order valence-electron chi connectivity index (χ2n) is 7.38. The van der Waals surface area contributed by atoms with Crippen molar-refractivity contribution in [3.05, 3.63) is 53.4 Å². The van der Waals surface area contributed by atoms with Gasteiger partial charge in [0.25, 0.3) is 0 Å². The minimum atomic E-state index is -0.809. The van der Waals surface area contributed by atoms with Gasteiger partial charge < -0.3 is 4.42 Å². The van der Waals surface area contributed by atoms with Gasteiger partial charge in [-0.05, 0) is 51.2 Å². The summed E-state index contributed by atoms with van der Waals surface area (Å²) in [4.78, 5) is 43.9. The monoisotopic (exact) mass is 393 g/mol. The van der Waals surface area contributed by atoms with Crippen molar-refractivity contribution in [1.29, 1.82) is 0 Å². The van der Waals surface area contributed by atoms with E-state index in [-0.39, 0.29) is 13.1 Å². The smallest absolute Gasteiger partial charge is 0.334 e. The average molecular weight is 393 g/mol. The summed E-state index contributed by atoms with van der Waals surface area (Å²) in [5, 5.41) is 0. The lowest BCUT2D eigenvalue weighted by atomic mass is 9.97.